The Labute approximate surface area is 105 Å². The fourth-order valence-electron chi connectivity index (χ4n) is 3.61. The SMILES string of the molecule is C1=CC2CC1CC2CCCCc1ccccc1. The molecular formula is C17H22. The highest BCUT2D eigenvalue weighted by atomic mass is 14.4. The van der Waals surface area contributed by atoms with Crippen molar-refractivity contribution in [2.75, 3.05) is 0 Å². The van der Waals surface area contributed by atoms with E-state index >= 15 is 0 Å². The topological polar surface area (TPSA) is 0 Å². The molecule has 0 N–H and O–H groups in total. The molecular weight excluding hydrogens is 204 g/mol. The largest absolute Gasteiger partial charge is 0.0851 e. The van der Waals surface area contributed by atoms with Crippen molar-refractivity contribution in [1.82, 2.24) is 0 Å². The van der Waals surface area contributed by atoms with E-state index in [1.165, 1.54) is 44.1 Å². The van der Waals surface area contributed by atoms with E-state index in [1.807, 2.05) is 0 Å². The lowest BCUT2D eigenvalue weighted by Crippen LogP contribution is -2.06. The molecule has 1 saturated carbocycles. The van der Waals surface area contributed by atoms with Gasteiger partial charge < -0.3 is 0 Å². The van der Waals surface area contributed by atoms with Gasteiger partial charge in [-0.2, -0.15) is 0 Å². The van der Waals surface area contributed by atoms with E-state index in [0.29, 0.717) is 0 Å². The summed E-state index contributed by atoms with van der Waals surface area (Å²) in [7, 11) is 0. The predicted molar refractivity (Wildman–Crippen MR) is 72.8 cm³/mol. The molecule has 2 aliphatic rings. The number of benzene rings is 1. The zero-order valence-electron chi connectivity index (χ0n) is 10.5. The van der Waals surface area contributed by atoms with E-state index in [2.05, 4.69) is 42.5 Å². The van der Waals surface area contributed by atoms with Crippen LogP contribution >= 0.6 is 0 Å². The maximum Gasteiger partial charge on any atom is -0.0199 e. The van der Waals surface area contributed by atoms with Gasteiger partial charge in [0.25, 0.3) is 0 Å². The lowest BCUT2D eigenvalue weighted by molar-refractivity contribution is 0.398. The lowest BCUT2D eigenvalue weighted by atomic mass is 9.88. The minimum atomic E-state index is 0.941. The molecule has 2 bridgehead atoms. The minimum Gasteiger partial charge on any atom is -0.0851 e. The first-order valence-corrected chi connectivity index (χ1v) is 7.14. The number of fused-ring (bicyclic) bond motifs is 2. The molecule has 1 aromatic carbocycles. The van der Waals surface area contributed by atoms with E-state index < -0.39 is 0 Å². The maximum absolute atomic E-state index is 2.48. The highest BCUT2D eigenvalue weighted by Gasteiger charge is 2.34. The zero-order chi connectivity index (χ0) is 11.5. The van der Waals surface area contributed by atoms with Gasteiger partial charge in [-0.3, -0.25) is 0 Å². The normalized spacial score (nSPS) is 30.0. The van der Waals surface area contributed by atoms with Crippen LogP contribution in [0.25, 0.3) is 0 Å². The fourth-order valence-corrected chi connectivity index (χ4v) is 3.61. The first-order valence-electron chi connectivity index (χ1n) is 7.14. The summed E-state index contributed by atoms with van der Waals surface area (Å²) in [6.45, 7) is 0. The minimum absolute atomic E-state index is 0.941. The van der Waals surface area contributed by atoms with Gasteiger partial charge in [0.15, 0.2) is 0 Å². The van der Waals surface area contributed by atoms with Crippen molar-refractivity contribution in [3.63, 3.8) is 0 Å². The second-order valence-electron chi connectivity index (χ2n) is 5.77. The van der Waals surface area contributed by atoms with Crippen molar-refractivity contribution in [3.05, 3.63) is 48.0 Å². The van der Waals surface area contributed by atoms with Crippen LogP contribution in [0.2, 0.25) is 0 Å². The molecule has 1 fully saturated rings. The van der Waals surface area contributed by atoms with Crippen LogP contribution in [0.5, 0.6) is 0 Å². The molecule has 0 radical (unpaired) electrons. The monoisotopic (exact) mass is 226 g/mol. The Morgan fingerprint density at radius 2 is 1.82 bits per heavy atom. The Hall–Kier alpha value is -1.04. The molecule has 3 rings (SSSR count). The molecule has 90 valence electrons. The van der Waals surface area contributed by atoms with E-state index in [-0.39, 0.29) is 0 Å². The van der Waals surface area contributed by atoms with Gasteiger partial charge in [-0.25, -0.2) is 0 Å². The average Bonchev–Trinajstić information content (AvgIpc) is 2.98. The van der Waals surface area contributed by atoms with E-state index in [4.69, 9.17) is 0 Å². The first-order chi connectivity index (χ1) is 8.42. The standard InChI is InChI=1S/C17H22/c1-2-6-14(7-3-1)8-4-5-9-16-12-15-10-11-17(16)13-15/h1-3,6-7,10-11,15-17H,4-5,8-9,12-13H2. The van der Waals surface area contributed by atoms with Crippen LogP contribution in [0.3, 0.4) is 0 Å². The molecule has 0 amide bonds. The molecule has 0 heteroatoms. The average molecular weight is 226 g/mol. The van der Waals surface area contributed by atoms with Crippen molar-refractivity contribution < 1.29 is 0 Å². The Bertz CT molecular complexity index is 376. The number of hydrogen-bond donors (Lipinski definition) is 0. The molecule has 0 heterocycles. The van der Waals surface area contributed by atoms with Gasteiger partial charge in [-0.1, -0.05) is 48.9 Å². The third-order valence-corrected chi connectivity index (χ3v) is 4.55. The second-order valence-corrected chi connectivity index (χ2v) is 5.77. The van der Waals surface area contributed by atoms with Crippen molar-refractivity contribution >= 4 is 0 Å². The number of allylic oxidation sites excluding steroid dienone is 2. The third kappa shape index (κ3) is 2.62. The Morgan fingerprint density at radius 1 is 0.941 bits per heavy atom. The van der Waals surface area contributed by atoms with Crippen LogP contribution in [0.1, 0.15) is 37.7 Å². The number of rotatable bonds is 5. The summed E-state index contributed by atoms with van der Waals surface area (Å²) < 4.78 is 0. The number of hydrogen-bond acceptors (Lipinski definition) is 0. The van der Waals surface area contributed by atoms with Crippen molar-refractivity contribution in [2.45, 2.75) is 38.5 Å². The second kappa shape index (κ2) is 5.08. The van der Waals surface area contributed by atoms with Crippen LogP contribution < -0.4 is 0 Å². The van der Waals surface area contributed by atoms with Gasteiger partial charge in [0, 0.05) is 0 Å². The lowest BCUT2D eigenvalue weighted by Gasteiger charge is -2.17. The van der Waals surface area contributed by atoms with Gasteiger partial charge in [-0.05, 0) is 55.4 Å². The van der Waals surface area contributed by atoms with Crippen molar-refractivity contribution in [2.24, 2.45) is 17.8 Å². The number of unbranched alkanes of at least 4 members (excludes halogenated alkanes) is 1. The fraction of sp³-hybridized carbons (Fsp3) is 0.529. The molecule has 0 aromatic heterocycles. The van der Waals surface area contributed by atoms with E-state index in [1.54, 1.807) is 0 Å². The van der Waals surface area contributed by atoms with Crippen LogP contribution in [-0.4, -0.2) is 0 Å². The van der Waals surface area contributed by atoms with Gasteiger partial charge in [-0.15, -0.1) is 0 Å². The Kier molecular flexibility index (Phi) is 3.31. The van der Waals surface area contributed by atoms with Crippen molar-refractivity contribution in [3.8, 4) is 0 Å². The highest BCUT2D eigenvalue weighted by Crippen LogP contribution is 2.45. The number of aryl methyl sites for hydroxylation is 1. The molecule has 2 aliphatic carbocycles. The van der Waals surface area contributed by atoms with E-state index in [9.17, 15) is 0 Å². The third-order valence-electron chi connectivity index (χ3n) is 4.55. The van der Waals surface area contributed by atoms with Crippen LogP contribution in [0, 0.1) is 17.8 Å². The molecule has 3 unspecified atom stereocenters. The Morgan fingerprint density at radius 3 is 2.53 bits per heavy atom. The van der Waals surface area contributed by atoms with Gasteiger partial charge >= 0.3 is 0 Å². The molecule has 0 spiro atoms. The van der Waals surface area contributed by atoms with Crippen molar-refractivity contribution in [1.29, 1.82) is 0 Å². The molecule has 17 heavy (non-hydrogen) atoms. The summed E-state index contributed by atoms with van der Waals surface area (Å²) >= 11 is 0. The van der Waals surface area contributed by atoms with Gasteiger partial charge in [0.05, 0.1) is 0 Å². The molecule has 3 atom stereocenters. The molecule has 1 aromatic rings. The quantitative estimate of drug-likeness (QED) is 0.508. The Balaban J connectivity index is 1.37. The maximum atomic E-state index is 2.48. The first kappa shape index (κ1) is 11.1. The van der Waals surface area contributed by atoms with Crippen LogP contribution in [0.4, 0.5) is 0 Å². The van der Waals surface area contributed by atoms with Gasteiger partial charge in [0.1, 0.15) is 0 Å². The highest BCUT2D eigenvalue weighted by molar-refractivity contribution is 5.14. The predicted octanol–water partition coefficient (Wildman–Crippen LogP) is 4.61. The smallest absolute Gasteiger partial charge is 0.0199 e. The summed E-state index contributed by atoms with van der Waals surface area (Å²) in [6.07, 6.45) is 13.4. The van der Waals surface area contributed by atoms with E-state index in [0.717, 1.165) is 17.8 Å². The summed E-state index contributed by atoms with van der Waals surface area (Å²) in [6, 6.07) is 10.9. The van der Waals surface area contributed by atoms with Crippen LogP contribution in [0.15, 0.2) is 42.5 Å². The summed E-state index contributed by atoms with van der Waals surface area (Å²) in [5, 5.41) is 0. The van der Waals surface area contributed by atoms with Gasteiger partial charge in [0.2, 0.25) is 0 Å². The molecule has 0 nitrogen and oxygen atoms in total. The molecule has 0 aliphatic heterocycles. The zero-order valence-corrected chi connectivity index (χ0v) is 10.5. The summed E-state index contributed by atoms with van der Waals surface area (Å²) in [5.74, 6) is 2.90. The summed E-state index contributed by atoms with van der Waals surface area (Å²) in [5.41, 5.74) is 1.50. The molecule has 0 saturated heterocycles. The summed E-state index contributed by atoms with van der Waals surface area (Å²) in [4.78, 5) is 0. The van der Waals surface area contributed by atoms with Crippen LogP contribution in [-0.2, 0) is 6.42 Å².